The number of piperidine rings is 1. The molecule has 4 nitrogen and oxygen atoms in total. The fourth-order valence-electron chi connectivity index (χ4n) is 4.43. The van der Waals surface area contributed by atoms with E-state index >= 15 is 0 Å². The Labute approximate surface area is 209 Å². The van der Waals surface area contributed by atoms with Gasteiger partial charge >= 0.3 is 5.97 Å². The van der Waals surface area contributed by atoms with E-state index in [1.165, 1.54) is 35.7 Å². The molecule has 4 heteroatoms. The van der Waals surface area contributed by atoms with E-state index in [1.807, 2.05) is 36.4 Å². The predicted octanol–water partition coefficient (Wildman–Crippen LogP) is 6.99. The number of aryl methyl sites for hydroxylation is 2. The average molecular weight is 470 g/mol. The highest BCUT2D eigenvalue weighted by molar-refractivity contribution is 5.88. The number of benzene rings is 3. The first kappa shape index (κ1) is 24.6. The third-order valence-corrected chi connectivity index (χ3v) is 6.72. The summed E-state index contributed by atoms with van der Waals surface area (Å²) in [6.07, 6.45) is 6.75. The molecule has 1 heterocycles. The van der Waals surface area contributed by atoms with E-state index in [0.717, 1.165) is 42.3 Å². The summed E-state index contributed by atoms with van der Waals surface area (Å²) in [5.74, 6) is 1.72. The highest BCUT2D eigenvalue weighted by Crippen LogP contribution is 2.26. The smallest absolute Gasteiger partial charge is 0.336 e. The molecule has 0 saturated carbocycles. The van der Waals surface area contributed by atoms with E-state index in [-0.39, 0.29) is 0 Å². The molecule has 0 aliphatic carbocycles. The molecule has 0 bridgehead atoms. The summed E-state index contributed by atoms with van der Waals surface area (Å²) in [5.41, 5.74) is 5.59. The highest BCUT2D eigenvalue weighted by atomic mass is 16.5. The average Bonchev–Trinajstić information content (AvgIpc) is 2.88. The summed E-state index contributed by atoms with van der Waals surface area (Å²) in [6.45, 7) is 9.10. The molecule has 0 atom stereocenters. The number of rotatable bonds is 8. The number of carbonyl (C=O) groups excluding carboxylic acids is 1. The minimum Gasteiger partial charge on any atom is -0.489 e. The van der Waals surface area contributed by atoms with Crippen molar-refractivity contribution in [3.05, 3.63) is 95.1 Å². The molecule has 0 N–H and O–H groups in total. The molecular weight excluding hydrogens is 434 g/mol. The van der Waals surface area contributed by atoms with Crippen LogP contribution in [0.4, 0.5) is 5.69 Å². The Morgan fingerprint density at radius 1 is 1.00 bits per heavy atom. The van der Waals surface area contributed by atoms with Gasteiger partial charge in [-0.3, -0.25) is 0 Å². The fourth-order valence-corrected chi connectivity index (χ4v) is 4.43. The highest BCUT2D eigenvalue weighted by Gasteiger charge is 2.16. The quantitative estimate of drug-likeness (QED) is 0.202. The molecule has 0 spiro atoms. The summed E-state index contributed by atoms with van der Waals surface area (Å²) in [7, 11) is 0. The SMILES string of the molecule is CCc1ccc(C=CC(=O)Oc2ccccc2COc2ccc(N3CCC(C)CC3)cc2)cc1C. The Morgan fingerprint density at radius 2 is 1.74 bits per heavy atom. The Morgan fingerprint density at radius 3 is 2.46 bits per heavy atom. The molecule has 1 saturated heterocycles. The lowest BCUT2D eigenvalue weighted by Gasteiger charge is -2.32. The largest absolute Gasteiger partial charge is 0.489 e. The number of para-hydroxylation sites is 1. The number of carbonyl (C=O) groups is 1. The van der Waals surface area contributed by atoms with Crippen LogP contribution >= 0.6 is 0 Å². The predicted molar refractivity (Wildman–Crippen MR) is 143 cm³/mol. The second-order valence-corrected chi connectivity index (χ2v) is 9.35. The first-order valence-corrected chi connectivity index (χ1v) is 12.6. The van der Waals surface area contributed by atoms with Crippen molar-refractivity contribution in [3.8, 4) is 11.5 Å². The van der Waals surface area contributed by atoms with Gasteiger partial charge in [0.25, 0.3) is 0 Å². The van der Waals surface area contributed by atoms with Gasteiger partial charge in [-0.05, 0) is 85.2 Å². The van der Waals surface area contributed by atoms with Gasteiger partial charge in [-0.25, -0.2) is 4.79 Å². The van der Waals surface area contributed by atoms with Crippen molar-refractivity contribution >= 4 is 17.7 Å². The van der Waals surface area contributed by atoms with E-state index in [9.17, 15) is 4.79 Å². The van der Waals surface area contributed by atoms with Gasteiger partial charge in [-0.15, -0.1) is 0 Å². The van der Waals surface area contributed by atoms with Gasteiger partial charge in [0.05, 0.1) is 0 Å². The van der Waals surface area contributed by atoms with Gasteiger partial charge in [0, 0.05) is 30.4 Å². The molecule has 3 aromatic carbocycles. The molecule has 4 rings (SSSR count). The van der Waals surface area contributed by atoms with Crippen LogP contribution in [-0.2, 0) is 17.8 Å². The first-order chi connectivity index (χ1) is 17.0. The Hall–Kier alpha value is -3.53. The summed E-state index contributed by atoms with van der Waals surface area (Å²) < 4.78 is 11.6. The zero-order valence-electron chi connectivity index (χ0n) is 21.0. The number of esters is 1. The number of hydrogen-bond donors (Lipinski definition) is 0. The molecule has 35 heavy (non-hydrogen) atoms. The molecule has 1 fully saturated rings. The molecule has 0 radical (unpaired) electrons. The molecule has 0 aromatic heterocycles. The topological polar surface area (TPSA) is 38.8 Å². The van der Waals surface area contributed by atoms with Crippen molar-refractivity contribution in [3.63, 3.8) is 0 Å². The standard InChI is InChI=1S/C31H35NO3/c1-4-26-11-9-25(21-24(26)3)10-16-31(33)35-30-8-6-5-7-27(30)22-34-29-14-12-28(13-15-29)32-19-17-23(2)18-20-32/h5-16,21,23H,4,17-20,22H2,1-3H3. The van der Waals surface area contributed by atoms with Crippen molar-refractivity contribution in [2.24, 2.45) is 5.92 Å². The lowest BCUT2D eigenvalue weighted by atomic mass is 9.99. The van der Waals surface area contributed by atoms with Gasteiger partial charge in [0.1, 0.15) is 18.1 Å². The van der Waals surface area contributed by atoms with Crippen LogP contribution in [0, 0.1) is 12.8 Å². The second-order valence-electron chi connectivity index (χ2n) is 9.35. The number of anilines is 1. The van der Waals surface area contributed by atoms with Crippen LogP contribution in [0.15, 0.2) is 72.8 Å². The molecule has 0 unspecified atom stereocenters. The molecule has 1 aliphatic heterocycles. The van der Waals surface area contributed by atoms with Crippen molar-refractivity contribution < 1.29 is 14.3 Å². The van der Waals surface area contributed by atoms with Crippen LogP contribution in [0.2, 0.25) is 0 Å². The van der Waals surface area contributed by atoms with Crippen LogP contribution in [0.3, 0.4) is 0 Å². The van der Waals surface area contributed by atoms with E-state index in [0.29, 0.717) is 12.4 Å². The molecule has 182 valence electrons. The van der Waals surface area contributed by atoms with Gasteiger partial charge in [0.15, 0.2) is 0 Å². The van der Waals surface area contributed by atoms with E-state index < -0.39 is 5.97 Å². The van der Waals surface area contributed by atoms with Gasteiger partial charge in [-0.1, -0.05) is 50.2 Å². The number of hydrogen-bond acceptors (Lipinski definition) is 4. The first-order valence-electron chi connectivity index (χ1n) is 12.6. The summed E-state index contributed by atoms with van der Waals surface area (Å²) in [5, 5.41) is 0. The third-order valence-electron chi connectivity index (χ3n) is 6.72. The van der Waals surface area contributed by atoms with Crippen LogP contribution in [0.25, 0.3) is 6.08 Å². The maximum absolute atomic E-state index is 12.5. The lowest BCUT2D eigenvalue weighted by molar-refractivity contribution is -0.128. The van der Waals surface area contributed by atoms with Gasteiger partial charge < -0.3 is 14.4 Å². The maximum Gasteiger partial charge on any atom is 0.336 e. The van der Waals surface area contributed by atoms with Gasteiger partial charge in [-0.2, -0.15) is 0 Å². The van der Waals surface area contributed by atoms with E-state index in [1.54, 1.807) is 12.1 Å². The summed E-state index contributed by atoms with van der Waals surface area (Å²) in [6, 6.07) is 22.0. The maximum atomic E-state index is 12.5. The summed E-state index contributed by atoms with van der Waals surface area (Å²) >= 11 is 0. The Kier molecular flexibility index (Phi) is 8.25. The van der Waals surface area contributed by atoms with Crippen LogP contribution < -0.4 is 14.4 Å². The minimum atomic E-state index is -0.408. The number of nitrogens with zero attached hydrogens (tertiary/aromatic N) is 1. The minimum absolute atomic E-state index is 0.325. The fraction of sp³-hybridized carbons (Fsp3) is 0.323. The van der Waals surface area contributed by atoms with Crippen molar-refractivity contribution in [2.45, 2.75) is 46.6 Å². The van der Waals surface area contributed by atoms with Crippen molar-refractivity contribution in [1.82, 2.24) is 0 Å². The number of ether oxygens (including phenoxy) is 2. The third kappa shape index (κ3) is 6.75. The van der Waals surface area contributed by atoms with Crippen molar-refractivity contribution in [2.75, 3.05) is 18.0 Å². The molecule has 1 aliphatic rings. The molecular formula is C31H35NO3. The Balaban J connectivity index is 1.34. The van der Waals surface area contributed by atoms with E-state index in [2.05, 4.69) is 49.9 Å². The van der Waals surface area contributed by atoms with E-state index in [4.69, 9.17) is 9.47 Å². The van der Waals surface area contributed by atoms with Crippen molar-refractivity contribution in [1.29, 1.82) is 0 Å². The lowest BCUT2D eigenvalue weighted by Crippen LogP contribution is -2.32. The molecule has 3 aromatic rings. The molecule has 0 amide bonds. The monoisotopic (exact) mass is 469 g/mol. The van der Waals surface area contributed by atoms with Crippen LogP contribution in [-0.4, -0.2) is 19.1 Å². The van der Waals surface area contributed by atoms with Crippen LogP contribution in [0.1, 0.15) is 48.9 Å². The van der Waals surface area contributed by atoms with Crippen LogP contribution in [0.5, 0.6) is 11.5 Å². The Bertz CT molecular complexity index is 1160. The van der Waals surface area contributed by atoms with Gasteiger partial charge in [0.2, 0.25) is 0 Å². The zero-order chi connectivity index (χ0) is 24.6. The second kappa shape index (κ2) is 11.7. The zero-order valence-corrected chi connectivity index (χ0v) is 21.0. The summed E-state index contributed by atoms with van der Waals surface area (Å²) in [4.78, 5) is 14.9. The normalized spacial score (nSPS) is 14.3.